The fourth-order valence-corrected chi connectivity index (χ4v) is 4.15. The molecule has 176 valence electrons. The fourth-order valence-electron chi connectivity index (χ4n) is 4.15. The van der Waals surface area contributed by atoms with Gasteiger partial charge in [0.2, 0.25) is 0 Å². The molecule has 34 heavy (non-hydrogen) atoms. The first-order chi connectivity index (χ1) is 16.2. The van der Waals surface area contributed by atoms with Crippen molar-refractivity contribution >= 4 is 17.5 Å². The van der Waals surface area contributed by atoms with E-state index in [9.17, 15) is 22.8 Å². The van der Waals surface area contributed by atoms with Crippen molar-refractivity contribution in [2.45, 2.75) is 32.1 Å². The summed E-state index contributed by atoms with van der Waals surface area (Å²) in [5.74, 6) is -0.321. The number of alkyl halides is 3. The highest BCUT2D eigenvalue weighted by atomic mass is 19.4. The number of nitrogens with one attached hydrogen (secondary N) is 1. The third-order valence-corrected chi connectivity index (χ3v) is 5.85. The number of nitrogens with zero attached hydrogens (tertiary/aromatic N) is 1. The zero-order valence-corrected chi connectivity index (χ0v) is 18.6. The molecular formula is C26H23F3N2O3. The molecule has 0 fully saturated rings. The molecule has 3 aromatic carbocycles. The van der Waals surface area contributed by atoms with Crippen LogP contribution in [-0.2, 0) is 19.1 Å². The molecule has 1 heterocycles. The van der Waals surface area contributed by atoms with Crippen molar-refractivity contribution in [2.24, 2.45) is 0 Å². The number of hydrogen-bond donors (Lipinski definition) is 1. The summed E-state index contributed by atoms with van der Waals surface area (Å²) < 4.78 is 44.9. The summed E-state index contributed by atoms with van der Waals surface area (Å²) >= 11 is 0. The number of halogens is 3. The van der Waals surface area contributed by atoms with Crippen LogP contribution in [0.3, 0.4) is 0 Å². The summed E-state index contributed by atoms with van der Waals surface area (Å²) in [4.78, 5) is 27.4. The Bertz CT molecular complexity index is 1220. The SMILES string of the molecule is COc1ccc(C(=O)N2c3cc(CNC(=O)c4ccccc4C(F)(F)F)ccc3CC2C)cc1. The van der Waals surface area contributed by atoms with Gasteiger partial charge in [0.1, 0.15) is 5.75 Å². The number of carbonyl (C=O) groups excluding carboxylic acids is 2. The molecule has 0 bridgehead atoms. The first-order valence-corrected chi connectivity index (χ1v) is 10.7. The van der Waals surface area contributed by atoms with E-state index in [1.807, 2.05) is 19.1 Å². The lowest BCUT2D eigenvalue weighted by molar-refractivity contribution is -0.137. The van der Waals surface area contributed by atoms with Crippen LogP contribution in [0.5, 0.6) is 5.75 Å². The molecule has 8 heteroatoms. The second-order valence-electron chi connectivity index (χ2n) is 8.15. The van der Waals surface area contributed by atoms with Gasteiger partial charge in [-0.2, -0.15) is 13.2 Å². The zero-order valence-electron chi connectivity index (χ0n) is 18.6. The summed E-state index contributed by atoms with van der Waals surface area (Å²) in [6, 6.07) is 17.0. The molecular weight excluding hydrogens is 445 g/mol. The van der Waals surface area contributed by atoms with Crippen molar-refractivity contribution in [1.82, 2.24) is 5.32 Å². The highest BCUT2D eigenvalue weighted by Gasteiger charge is 2.35. The molecule has 0 spiro atoms. The maximum atomic E-state index is 13.2. The van der Waals surface area contributed by atoms with Gasteiger partial charge in [-0.15, -0.1) is 0 Å². The Kier molecular flexibility index (Phi) is 6.32. The molecule has 2 amide bonds. The van der Waals surface area contributed by atoms with E-state index in [1.54, 1.807) is 42.3 Å². The Labute approximate surface area is 195 Å². The van der Waals surface area contributed by atoms with Gasteiger partial charge in [-0.25, -0.2) is 0 Å². The first kappa shape index (κ1) is 23.4. The quantitative estimate of drug-likeness (QED) is 0.558. The molecule has 1 aliphatic rings. The summed E-state index contributed by atoms with van der Waals surface area (Å²) in [6.07, 6.45) is -3.94. The second kappa shape index (κ2) is 9.21. The molecule has 0 radical (unpaired) electrons. The van der Waals surface area contributed by atoms with E-state index in [4.69, 9.17) is 4.74 Å². The molecule has 0 aromatic heterocycles. The van der Waals surface area contributed by atoms with E-state index < -0.39 is 23.2 Å². The van der Waals surface area contributed by atoms with Crippen LogP contribution in [-0.4, -0.2) is 25.0 Å². The van der Waals surface area contributed by atoms with E-state index in [1.165, 1.54) is 12.1 Å². The number of hydrogen-bond acceptors (Lipinski definition) is 3. The van der Waals surface area contributed by atoms with E-state index in [0.717, 1.165) is 23.4 Å². The number of amides is 2. The third-order valence-electron chi connectivity index (χ3n) is 5.85. The van der Waals surface area contributed by atoms with Crippen LogP contribution in [0.4, 0.5) is 18.9 Å². The fraction of sp³-hybridized carbons (Fsp3) is 0.231. The molecule has 1 unspecified atom stereocenters. The van der Waals surface area contributed by atoms with Gasteiger partial charge >= 0.3 is 6.18 Å². The van der Waals surface area contributed by atoms with E-state index in [-0.39, 0.29) is 18.5 Å². The summed E-state index contributed by atoms with van der Waals surface area (Å²) in [6.45, 7) is 1.98. The van der Waals surface area contributed by atoms with Crippen molar-refractivity contribution in [1.29, 1.82) is 0 Å². The lowest BCUT2D eigenvalue weighted by atomic mass is 10.1. The van der Waals surface area contributed by atoms with Crippen molar-refractivity contribution in [3.63, 3.8) is 0 Å². The number of rotatable bonds is 5. The van der Waals surface area contributed by atoms with Crippen LogP contribution in [0.25, 0.3) is 0 Å². The molecule has 1 aliphatic heterocycles. The number of methoxy groups -OCH3 is 1. The minimum absolute atomic E-state index is 0.0251. The van der Waals surface area contributed by atoms with Gasteiger partial charge in [-0.05, 0) is 66.9 Å². The maximum Gasteiger partial charge on any atom is 0.417 e. The maximum absolute atomic E-state index is 13.2. The minimum atomic E-state index is -4.63. The van der Waals surface area contributed by atoms with Crippen molar-refractivity contribution in [3.8, 4) is 5.75 Å². The van der Waals surface area contributed by atoms with Gasteiger partial charge < -0.3 is 15.0 Å². The van der Waals surface area contributed by atoms with Gasteiger partial charge in [0.15, 0.2) is 0 Å². The molecule has 3 aromatic rings. The molecule has 4 rings (SSSR count). The smallest absolute Gasteiger partial charge is 0.417 e. The average Bonchev–Trinajstić information content (AvgIpc) is 3.16. The van der Waals surface area contributed by atoms with Gasteiger partial charge in [-0.1, -0.05) is 24.3 Å². The predicted octanol–water partition coefficient (Wildman–Crippen LogP) is 5.24. The average molecular weight is 468 g/mol. The highest BCUT2D eigenvalue weighted by molar-refractivity contribution is 6.08. The Morgan fingerprint density at radius 3 is 2.44 bits per heavy atom. The number of fused-ring (bicyclic) bond motifs is 1. The summed E-state index contributed by atoms with van der Waals surface area (Å²) in [5, 5.41) is 2.56. The minimum Gasteiger partial charge on any atom is -0.497 e. The van der Waals surface area contributed by atoms with E-state index in [2.05, 4.69) is 5.32 Å². The first-order valence-electron chi connectivity index (χ1n) is 10.7. The number of anilines is 1. The van der Waals surface area contributed by atoms with Crippen molar-refractivity contribution in [2.75, 3.05) is 12.0 Å². The van der Waals surface area contributed by atoms with Crippen LogP contribution in [0.15, 0.2) is 66.7 Å². The molecule has 0 aliphatic carbocycles. The van der Waals surface area contributed by atoms with E-state index in [0.29, 0.717) is 23.3 Å². The normalized spacial score (nSPS) is 15.1. The monoisotopic (exact) mass is 468 g/mol. The van der Waals surface area contributed by atoms with Crippen molar-refractivity contribution in [3.05, 3.63) is 94.5 Å². The molecule has 1 atom stereocenters. The lowest BCUT2D eigenvalue weighted by Gasteiger charge is -2.23. The van der Waals surface area contributed by atoms with Gasteiger partial charge in [0.25, 0.3) is 11.8 Å². The Hall–Kier alpha value is -3.81. The van der Waals surface area contributed by atoms with Crippen LogP contribution in [0.2, 0.25) is 0 Å². The highest BCUT2D eigenvalue weighted by Crippen LogP contribution is 2.35. The Morgan fingerprint density at radius 2 is 1.76 bits per heavy atom. The standard InChI is InChI=1S/C26H23F3N2O3/c1-16-13-19-8-7-17(15-30-24(32)21-5-3-4-6-22(21)26(27,28)29)14-23(19)31(16)25(33)18-9-11-20(34-2)12-10-18/h3-12,14,16H,13,15H2,1-2H3,(H,30,32). The van der Waals surface area contributed by atoms with E-state index >= 15 is 0 Å². The largest absolute Gasteiger partial charge is 0.497 e. The third kappa shape index (κ3) is 4.62. The van der Waals surface area contributed by atoms with Crippen LogP contribution in [0, 0.1) is 0 Å². The van der Waals surface area contributed by atoms with Crippen LogP contribution >= 0.6 is 0 Å². The summed E-state index contributed by atoms with van der Waals surface area (Å²) in [5.41, 5.74) is 1.51. The predicted molar refractivity (Wildman–Crippen MR) is 122 cm³/mol. The van der Waals surface area contributed by atoms with Crippen LogP contribution < -0.4 is 15.0 Å². The zero-order chi connectivity index (χ0) is 24.5. The van der Waals surface area contributed by atoms with Crippen LogP contribution in [0.1, 0.15) is 44.3 Å². The van der Waals surface area contributed by atoms with Crippen molar-refractivity contribution < 1.29 is 27.5 Å². The van der Waals surface area contributed by atoms with Gasteiger partial charge in [0.05, 0.1) is 18.2 Å². The number of ether oxygens (including phenoxy) is 1. The topological polar surface area (TPSA) is 58.6 Å². The van der Waals surface area contributed by atoms with Gasteiger partial charge in [0, 0.05) is 23.8 Å². The molecule has 5 nitrogen and oxygen atoms in total. The number of benzene rings is 3. The molecule has 1 N–H and O–H groups in total. The second-order valence-corrected chi connectivity index (χ2v) is 8.15. The number of carbonyl (C=O) groups is 2. The van der Waals surface area contributed by atoms with Gasteiger partial charge in [-0.3, -0.25) is 9.59 Å². The Balaban J connectivity index is 1.53. The molecule has 0 saturated carbocycles. The molecule has 0 saturated heterocycles. The Morgan fingerprint density at radius 1 is 1.06 bits per heavy atom. The lowest BCUT2D eigenvalue weighted by Crippen LogP contribution is -2.35. The summed E-state index contributed by atoms with van der Waals surface area (Å²) in [7, 11) is 1.55.